The number of piperidine rings is 1. The number of nitrogens with zero attached hydrogens (tertiary/aromatic N) is 5. The zero-order valence-corrected chi connectivity index (χ0v) is 19.7. The van der Waals surface area contributed by atoms with Crippen LogP contribution in [0.25, 0.3) is 11.4 Å². The fourth-order valence-corrected chi connectivity index (χ4v) is 4.26. The van der Waals surface area contributed by atoms with E-state index in [9.17, 15) is 9.59 Å². The van der Waals surface area contributed by atoms with Crippen LogP contribution >= 0.6 is 0 Å². The van der Waals surface area contributed by atoms with Gasteiger partial charge in [-0.2, -0.15) is 10.4 Å². The fraction of sp³-hybridized carbons (Fsp3) is 0.308. The molecule has 0 radical (unpaired) electrons. The lowest BCUT2D eigenvalue weighted by Gasteiger charge is -2.32. The summed E-state index contributed by atoms with van der Waals surface area (Å²) in [6, 6.07) is 14.8. The Labute approximate surface area is 204 Å². The molecule has 1 aliphatic rings. The van der Waals surface area contributed by atoms with Crippen LogP contribution in [0.15, 0.2) is 48.7 Å². The van der Waals surface area contributed by atoms with Crippen LogP contribution in [0.1, 0.15) is 64.4 Å². The van der Waals surface area contributed by atoms with Crippen LogP contribution in [0.5, 0.6) is 0 Å². The molecule has 0 aliphatic carbocycles. The Balaban J connectivity index is 1.52. The summed E-state index contributed by atoms with van der Waals surface area (Å²) in [6.07, 6.45) is 3.09. The monoisotopic (exact) mass is 469 g/mol. The van der Waals surface area contributed by atoms with Gasteiger partial charge in [0.2, 0.25) is 0 Å². The molecular weight excluding hydrogens is 442 g/mol. The standard InChI is InChI=1S/C26H27N7O2/c1-16(2)30-23-8-7-21(25(28)34)24(31-23)22-13-20(15-29-32-22)26(35)33-11-9-19(10-12-33)18-5-3-17(14-27)4-6-18/h3-8,13,15-16,19H,9-12H2,1-2H3,(H2,28,34)(H,30,31). The van der Waals surface area contributed by atoms with Crippen molar-refractivity contribution in [1.82, 2.24) is 20.1 Å². The number of anilines is 1. The Morgan fingerprint density at radius 1 is 1.14 bits per heavy atom. The van der Waals surface area contributed by atoms with Gasteiger partial charge in [0.25, 0.3) is 11.8 Å². The highest BCUT2D eigenvalue weighted by atomic mass is 16.2. The van der Waals surface area contributed by atoms with Crippen molar-refractivity contribution in [1.29, 1.82) is 5.26 Å². The van der Waals surface area contributed by atoms with E-state index in [1.54, 1.807) is 23.1 Å². The van der Waals surface area contributed by atoms with Gasteiger partial charge in [-0.25, -0.2) is 4.98 Å². The van der Waals surface area contributed by atoms with Gasteiger partial charge in [-0.15, -0.1) is 5.10 Å². The lowest BCUT2D eigenvalue weighted by atomic mass is 9.89. The molecule has 2 amide bonds. The number of benzene rings is 1. The zero-order chi connectivity index (χ0) is 24.9. The zero-order valence-electron chi connectivity index (χ0n) is 19.7. The Kier molecular flexibility index (Phi) is 7.01. The lowest BCUT2D eigenvalue weighted by Crippen LogP contribution is -2.38. The second kappa shape index (κ2) is 10.3. The van der Waals surface area contributed by atoms with Crippen LogP contribution in [0.3, 0.4) is 0 Å². The molecule has 0 bridgehead atoms. The van der Waals surface area contributed by atoms with Gasteiger partial charge in [0, 0.05) is 19.1 Å². The van der Waals surface area contributed by atoms with Crippen LogP contribution in [0, 0.1) is 11.3 Å². The molecule has 3 heterocycles. The predicted molar refractivity (Wildman–Crippen MR) is 132 cm³/mol. The summed E-state index contributed by atoms with van der Waals surface area (Å²) in [5, 5.41) is 20.3. The molecule has 178 valence electrons. The second-order valence-corrected chi connectivity index (χ2v) is 8.89. The molecular formula is C26H27N7O2. The summed E-state index contributed by atoms with van der Waals surface area (Å²) in [7, 11) is 0. The Morgan fingerprint density at radius 3 is 2.49 bits per heavy atom. The van der Waals surface area contributed by atoms with Crippen molar-refractivity contribution >= 4 is 17.6 Å². The van der Waals surface area contributed by atoms with Crippen molar-refractivity contribution in [2.45, 2.75) is 38.6 Å². The molecule has 0 atom stereocenters. The van der Waals surface area contributed by atoms with Crippen molar-refractivity contribution in [2.24, 2.45) is 5.73 Å². The van der Waals surface area contributed by atoms with E-state index in [-0.39, 0.29) is 23.2 Å². The van der Waals surface area contributed by atoms with Crippen LogP contribution in [0.4, 0.5) is 5.82 Å². The number of hydrogen-bond donors (Lipinski definition) is 2. The lowest BCUT2D eigenvalue weighted by molar-refractivity contribution is 0.0712. The summed E-state index contributed by atoms with van der Waals surface area (Å²) < 4.78 is 0. The SMILES string of the molecule is CC(C)Nc1ccc(C(N)=O)c(-c2cc(C(=O)N3CCC(c4ccc(C#N)cc4)CC3)cnn2)n1. The number of carbonyl (C=O) groups excluding carboxylic acids is 2. The number of nitrogens with one attached hydrogen (secondary N) is 1. The summed E-state index contributed by atoms with van der Waals surface area (Å²) >= 11 is 0. The molecule has 0 spiro atoms. The maximum absolute atomic E-state index is 13.2. The minimum absolute atomic E-state index is 0.140. The number of hydrogen-bond acceptors (Lipinski definition) is 7. The molecule has 1 saturated heterocycles. The van der Waals surface area contributed by atoms with E-state index in [0.29, 0.717) is 41.6 Å². The number of nitriles is 1. The van der Waals surface area contributed by atoms with Gasteiger partial charge >= 0.3 is 0 Å². The highest BCUT2D eigenvalue weighted by Gasteiger charge is 2.26. The van der Waals surface area contributed by atoms with Gasteiger partial charge in [-0.05, 0) is 68.5 Å². The second-order valence-electron chi connectivity index (χ2n) is 8.89. The number of carbonyl (C=O) groups is 2. The maximum Gasteiger partial charge on any atom is 0.255 e. The number of rotatable bonds is 6. The summed E-state index contributed by atoms with van der Waals surface area (Å²) in [5.41, 5.74) is 8.56. The van der Waals surface area contributed by atoms with Crippen LogP contribution < -0.4 is 11.1 Å². The molecule has 3 aromatic rings. The first-order chi connectivity index (χ1) is 16.9. The Morgan fingerprint density at radius 2 is 1.86 bits per heavy atom. The van der Waals surface area contributed by atoms with Crippen LogP contribution in [-0.2, 0) is 0 Å². The smallest absolute Gasteiger partial charge is 0.255 e. The molecule has 4 rings (SSSR count). The summed E-state index contributed by atoms with van der Waals surface area (Å²) in [5.74, 6) is 0.142. The molecule has 1 aliphatic heterocycles. The number of primary amides is 1. The minimum Gasteiger partial charge on any atom is -0.368 e. The van der Waals surface area contributed by atoms with Gasteiger partial charge in [0.15, 0.2) is 0 Å². The van der Waals surface area contributed by atoms with E-state index in [2.05, 4.69) is 26.6 Å². The van der Waals surface area contributed by atoms with Gasteiger partial charge in [-0.3, -0.25) is 9.59 Å². The number of aromatic nitrogens is 3. The van der Waals surface area contributed by atoms with E-state index in [0.717, 1.165) is 12.8 Å². The number of pyridine rings is 1. The third-order valence-corrected chi connectivity index (χ3v) is 6.03. The van der Waals surface area contributed by atoms with Crippen molar-refractivity contribution in [3.63, 3.8) is 0 Å². The van der Waals surface area contributed by atoms with E-state index in [4.69, 9.17) is 11.0 Å². The Hall–Kier alpha value is -4.32. The first kappa shape index (κ1) is 23.8. The fourth-order valence-electron chi connectivity index (χ4n) is 4.26. The van der Waals surface area contributed by atoms with Crippen LogP contribution in [-0.4, -0.2) is 51.0 Å². The number of amides is 2. The maximum atomic E-state index is 13.2. The molecule has 2 aromatic heterocycles. The van der Waals surface area contributed by atoms with E-state index >= 15 is 0 Å². The molecule has 1 aromatic carbocycles. The molecule has 35 heavy (non-hydrogen) atoms. The summed E-state index contributed by atoms with van der Waals surface area (Å²) in [6.45, 7) is 5.18. The van der Waals surface area contributed by atoms with Gasteiger partial charge in [0.1, 0.15) is 17.2 Å². The first-order valence-electron chi connectivity index (χ1n) is 11.6. The Bertz CT molecular complexity index is 1270. The van der Waals surface area contributed by atoms with Crippen molar-refractivity contribution < 1.29 is 9.59 Å². The van der Waals surface area contributed by atoms with Crippen molar-refractivity contribution in [3.8, 4) is 17.5 Å². The topological polar surface area (TPSA) is 138 Å². The summed E-state index contributed by atoms with van der Waals surface area (Å²) in [4.78, 5) is 31.6. The predicted octanol–water partition coefficient (Wildman–Crippen LogP) is 3.35. The van der Waals surface area contributed by atoms with Gasteiger partial charge in [0.05, 0.1) is 29.0 Å². The quantitative estimate of drug-likeness (QED) is 0.564. The van der Waals surface area contributed by atoms with Crippen molar-refractivity contribution in [2.75, 3.05) is 18.4 Å². The third kappa shape index (κ3) is 5.44. The van der Waals surface area contributed by atoms with Gasteiger partial charge < -0.3 is 16.0 Å². The normalized spacial score (nSPS) is 13.9. The molecule has 9 heteroatoms. The average molecular weight is 470 g/mol. The first-order valence-corrected chi connectivity index (χ1v) is 11.6. The molecule has 9 nitrogen and oxygen atoms in total. The number of nitrogens with two attached hydrogens (primary N) is 1. The van der Waals surface area contributed by atoms with E-state index < -0.39 is 5.91 Å². The van der Waals surface area contributed by atoms with Crippen LogP contribution in [0.2, 0.25) is 0 Å². The third-order valence-electron chi connectivity index (χ3n) is 6.03. The van der Waals surface area contributed by atoms with E-state index in [1.165, 1.54) is 11.8 Å². The van der Waals surface area contributed by atoms with Gasteiger partial charge in [-0.1, -0.05) is 12.1 Å². The highest BCUT2D eigenvalue weighted by molar-refractivity contribution is 6.00. The molecule has 1 fully saturated rings. The molecule has 3 N–H and O–H groups in total. The highest BCUT2D eigenvalue weighted by Crippen LogP contribution is 2.29. The average Bonchev–Trinajstić information content (AvgIpc) is 2.88. The van der Waals surface area contributed by atoms with Crippen molar-refractivity contribution in [3.05, 3.63) is 70.9 Å². The number of likely N-dealkylation sites (tertiary alicyclic amines) is 1. The van der Waals surface area contributed by atoms with E-state index in [1.807, 2.05) is 38.1 Å². The largest absolute Gasteiger partial charge is 0.368 e. The molecule has 0 saturated carbocycles. The molecule has 0 unspecified atom stereocenters. The minimum atomic E-state index is -0.632.